The van der Waals surface area contributed by atoms with Crippen molar-refractivity contribution in [2.75, 3.05) is 5.23 Å². The van der Waals surface area contributed by atoms with Gasteiger partial charge in [0.05, 0.1) is 0 Å². The van der Waals surface area contributed by atoms with Gasteiger partial charge < -0.3 is 10.3 Å². The minimum Gasteiger partial charge on any atom is -0.433 e. The van der Waals surface area contributed by atoms with E-state index in [9.17, 15) is 0 Å². The van der Waals surface area contributed by atoms with E-state index >= 15 is 0 Å². The molecule has 64 valence electrons. The molecule has 0 bridgehead atoms. The molecular formula is C8H11BBrNO. The van der Waals surface area contributed by atoms with Gasteiger partial charge in [0.2, 0.25) is 0 Å². The first kappa shape index (κ1) is 9.61. The third-order valence-electron chi connectivity index (χ3n) is 1.53. The van der Waals surface area contributed by atoms with Crippen molar-refractivity contribution in [1.82, 2.24) is 0 Å². The van der Waals surface area contributed by atoms with E-state index in [0.29, 0.717) is 0 Å². The Balaban J connectivity index is 2.82. The van der Waals surface area contributed by atoms with Gasteiger partial charge in [-0.2, -0.15) is 0 Å². The highest BCUT2D eigenvalue weighted by Gasteiger charge is 2.02. The molecule has 0 saturated heterocycles. The van der Waals surface area contributed by atoms with Gasteiger partial charge in [-0.05, 0) is 37.5 Å². The molecule has 2 nitrogen and oxygen atoms in total. The summed E-state index contributed by atoms with van der Waals surface area (Å²) in [4.78, 5) is 0. The molecule has 1 rings (SSSR count). The monoisotopic (exact) mass is 227 g/mol. The van der Waals surface area contributed by atoms with Crippen molar-refractivity contribution >= 4 is 28.7 Å². The zero-order valence-corrected chi connectivity index (χ0v) is 8.72. The van der Waals surface area contributed by atoms with Crippen molar-refractivity contribution in [3.8, 4) is 0 Å². The smallest absolute Gasteiger partial charge is 0.406 e. The van der Waals surface area contributed by atoms with Crippen molar-refractivity contribution in [3.05, 3.63) is 28.2 Å². The molecule has 0 aliphatic rings. The fourth-order valence-electron chi connectivity index (χ4n) is 0.976. The molecule has 0 spiro atoms. The largest absolute Gasteiger partial charge is 0.433 e. The van der Waals surface area contributed by atoms with Crippen LogP contribution in [0.2, 0.25) is 6.82 Å². The minimum absolute atomic E-state index is 0.509. The summed E-state index contributed by atoms with van der Waals surface area (Å²) in [5.41, 5.74) is 2.09. The summed E-state index contributed by atoms with van der Waals surface area (Å²) in [6, 6.07) is 5.86. The Morgan fingerprint density at radius 2 is 2.17 bits per heavy atom. The molecule has 0 heterocycles. The van der Waals surface area contributed by atoms with E-state index in [1.165, 1.54) is 0 Å². The molecule has 0 saturated carbocycles. The first-order chi connectivity index (χ1) is 5.59. The Labute approximate surface area is 81.3 Å². The second-order valence-corrected chi connectivity index (χ2v) is 3.64. The maximum Gasteiger partial charge on any atom is 0.406 e. The summed E-state index contributed by atoms with van der Waals surface area (Å²) >= 11 is 3.41. The van der Waals surface area contributed by atoms with Gasteiger partial charge in [-0.3, -0.25) is 0 Å². The second kappa shape index (κ2) is 3.96. The summed E-state index contributed by atoms with van der Waals surface area (Å²) in [7, 11) is -0.509. The summed E-state index contributed by atoms with van der Waals surface area (Å²) in [6.07, 6.45) is 0. The van der Waals surface area contributed by atoms with Crippen LogP contribution in [-0.2, 0) is 0 Å². The molecule has 12 heavy (non-hydrogen) atoms. The van der Waals surface area contributed by atoms with E-state index in [2.05, 4.69) is 21.2 Å². The van der Waals surface area contributed by atoms with Crippen LogP contribution in [0.4, 0.5) is 5.69 Å². The Hall–Kier alpha value is -0.475. The molecule has 4 heteroatoms. The lowest BCUT2D eigenvalue weighted by Gasteiger charge is -2.07. The number of hydrogen-bond acceptors (Lipinski definition) is 2. The SMILES string of the molecule is CB(O)Nc1ccc(Br)c(C)c1. The summed E-state index contributed by atoms with van der Waals surface area (Å²) < 4.78 is 1.08. The van der Waals surface area contributed by atoms with Gasteiger partial charge in [-0.15, -0.1) is 0 Å². The van der Waals surface area contributed by atoms with Gasteiger partial charge >= 0.3 is 7.05 Å². The van der Waals surface area contributed by atoms with Gasteiger partial charge in [0, 0.05) is 10.2 Å². The van der Waals surface area contributed by atoms with E-state index in [-0.39, 0.29) is 0 Å². The predicted molar refractivity (Wildman–Crippen MR) is 56.3 cm³/mol. The molecule has 0 fully saturated rings. The lowest BCUT2D eigenvalue weighted by molar-refractivity contribution is 0.587. The molecule has 0 radical (unpaired) electrons. The van der Waals surface area contributed by atoms with E-state index in [1.807, 2.05) is 25.1 Å². The van der Waals surface area contributed by atoms with Crippen molar-refractivity contribution in [3.63, 3.8) is 0 Å². The van der Waals surface area contributed by atoms with Gasteiger partial charge in [-0.1, -0.05) is 15.9 Å². The van der Waals surface area contributed by atoms with Crippen LogP contribution < -0.4 is 5.23 Å². The van der Waals surface area contributed by atoms with Crippen LogP contribution in [0.5, 0.6) is 0 Å². The molecule has 0 aliphatic heterocycles. The normalized spacial score (nSPS) is 9.67. The second-order valence-electron chi connectivity index (χ2n) is 2.78. The van der Waals surface area contributed by atoms with Crippen molar-refractivity contribution in [2.24, 2.45) is 0 Å². The van der Waals surface area contributed by atoms with Crippen LogP contribution in [0, 0.1) is 6.92 Å². The van der Waals surface area contributed by atoms with Crippen LogP contribution in [0.15, 0.2) is 22.7 Å². The Morgan fingerprint density at radius 3 is 2.67 bits per heavy atom. The molecule has 1 aromatic carbocycles. The lowest BCUT2D eigenvalue weighted by Crippen LogP contribution is -2.19. The van der Waals surface area contributed by atoms with E-state index in [4.69, 9.17) is 5.02 Å². The zero-order valence-electron chi connectivity index (χ0n) is 7.13. The lowest BCUT2D eigenvalue weighted by atomic mass is 9.88. The highest BCUT2D eigenvalue weighted by molar-refractivity contribution is 9.10. The maximum absolute atomic E-state index is 9.04. The third-order valence-corrected chi connectivity index (χ3v) is 2.42. The Morgan fingerprint density at radius 1 is 1.50 bits per heavy atom. The highest BCUT2D eigenvalue weighted by Crippen LogP contribution is 2.19. The fraction of sp³-hybridized carbons (Fsp3) is 0.250. The number of aryl methyl sites for hydroxylation is 1. The third kappa shape index (κ3) is 2.53. The molecule has 0 aromatic heterocycles. The minimum atomic E-state index is -0.509. The first-order valence-corrected chi connectivity index (χ1v) is 4.59. The zero-order chi connectivity index (χ0) is 9.14. The number of hydrogen-bond donors (Lipinski definition) is 2. The maximum atomic E-state index is 9.04. The number of rotatable bonds is 2. The van der Waals surface area contributed by atoms with E-state index in [0.717, 1.165) is 15.7 Å². The summed E-state index contributed by atoms with van der Waals surface area (Å²) in [6.45, 7) is 3.70. The first-order valence-electron chi connectivity index (χ1n) is 3.80. The molecule has 1 aromatic rings. The van der Waals surface area contributed by atoms with Crippen LogP contribution in [-0.4, -0.2) is 12.1 Å². The average molecular weight is 228 g/mol. The molecule has 0 unspecified atom stereocenters. The van der Waals surface area contributed by atoms with Gasteiger partial charge in [0.1, 0.15) is 0 Å². The molecule has 0 aliphatic carbocycles. The van der Waals surface area contributed by atoms with Crippen LogP contribution in [0.3, 0.4) is 0 Å². The van der Waals surface area contributed by atoms with E-state index in [1.54, 1.807) is 6.82 Å². The average Bonchev–Trinajstić information content (AvgIpc) is 1.96. The number of benzene rings is 1. The molecule has 2 N–H and O–H groups in total. The van der Waals surface area contributed by atoms with E-state index < -0.39 is 7.05 Å². The highest BCUT2D eigenvalue weighted by atomic mass is 79.9. The topological polar surface area (TPSA) is 32.3 Å². The number of halogens is 1. The van der Waals surface area contributed by atoms with Crippen LogP contribution in [0.25, 0.3) is 0 Å². The molecule has 0 amide bonds. The van der Waals surface area contributed by atoms with Gasteiger partial charge in [-0.25, -0.2) is 0 Å². The van der Waals surface area contributed by atoms with Gasteiger partial charge in [0.25, 0.3) is 0 Å². The van der Waals surface area contributed by atoms with Crippen LogP contribution >= 0.6 is 15.9 Å². The standard InChI is InChI=1S/C8H11BBrNO/c1-6-5-7(11-9(2)12)3-4-8(6)10/h3-5,11-12H,1-2H3. The molecular weight excluding hydrogens is 217 g/mol. The van der Waals surface area contributed by atoms with Crippen molar-refractivity contribution in [1.29, 1.82) is 0 Å². The number of nitrogens with one attached hydrogen (secondary N) is 1. The predicted octanol–water partition coefficient (Wildman–Crippen LogP) is 2.28. The Bertz CT molecular complexity index is 278. The Kier molecular flexibility index (Phi) is 3.17. The van der Waals surface area contributed by atoms with Crippen molar-refractivity contribution in [2.45, 2.75) is 13.7 Å². The fourth-order valence-corrected chi connectivity index (χ4v) is 1.22. The van der Waals surface area contributed by atoms with Crippen molar-refractivity contribution < 1.29 is 5.02 Å². The molecule has 0 atom stereocenters. The number of anilines is 1. The summed E-state index contributed by atoms with van der Waals surface area (Å²) in [5, 5.41) is 12.0. The van der Waals surface area contributed by atoms with Crippen LogP contribution in [0.1, 0.15) is 5.56 Å². The quantitative estimate of drug-likeness (QED) is 0.761. The summed E-state index contributed by atoms with van der Waals surface area (Å²) in [5.74, 6) is 0. The van der Waals surface area contributed by atoms with Gasteiger partial charge in [0.15, 0.2) is 0 Å².